The summed E-state index contributed by atoms with van der Waals surface area (Å²) < 4.78 is 5.48. The minimum absolute atomic E-state index is 0.0873. The maximum atomic E-state index is 12.3. The number of likely N-dealkylation sites (tertiary alicyclic amines) is 1. The first kappa shape index (κ1) is 18.3. The van der Waals surface area contributed by atoms with E-state index in [-0.39, 0.29) is 12.5 Å². The average molecular weight is 361 g/mol. The van der Waals surface area contributed by atoms with Gasteiger partial charge in [-0.15, -0.1) is 0 Å². The van der Waals surface area contributed by atoms with E-state index in [0.29, 0.717) is 41.8 Å². The summed E-state index contributed by atoms with van der Waals surface area (Å²) in [7, 11) is 3.82. The van der Waals surface area contributed by atoms with Gasteiger partial charge in [0, 0.05) is 19.2 Å². The third kappa shape index (κ3) is 5.24. The molecule has 0 saturated carbocycles. The second-order valence-corrected chi connectivity index (χ2v) is 7.06. The fraction of sp³-hybridized carbons (Fsp3) is 0.562. The zero-order valence-electron chi connectivity index (χ0n) is 13.4. The van der Waals surface area contributed by atoms with Crippen molar-refractivity contribution in [1.29, 1.82) is 0 Å². The van der Waals surface area contributed by atoms with Crippen molar-refractivity contribution >= 4 is 29.1 Å². The summed E-state index contributed by atoms with van der Waals surface area (Å²) in [6, 6.07) is 4.87. The molecule has 1 fully saturated rings. The standard InChI is InChI=1S/C16H22Cl2N2O3/c1-19(2)10-16(22)6-3-7-20(11-16)15(21)9-23-12-4-5-13(17)14(18)8-12/h4-5,8,22H,3,6-7,9-11H2,1-2H3/t16-/m0/s1. The van der Waals surface area contributed by atoms with Gasteiger partial charge in [0.15, 0.2) is 6.61 Å². The monoisotopic (exact) mass is 360 g/mol. The third-order valence-corrected chi connectivity index (χ3v) is 4.51. The normalized spacial score (nSPS) is 21.6. The number of carbonyl (C=O) groups is 1. The molecule has 0 aliphatic carbocycles. The van der Waals surface area contributed by atoms with Gasteiger partial charge in [-0.3, -0.25) is 4.79 Å². The van der Waals surface area contributed by atoms with Crippen LogP contribution in [0, 0.1) is 0 Å². The smallest absolute Gasteiger partial charge is 0.260 e. The van der Waals surface area contributed by atoms with Gasteiger partial charge in [-0.1, -0.05) is 23.2 Å². The Labute approximate surface area is 146 Å². The van der Waals surface area contributed by atoms with Gasteiger partial charge in [0.1, 0.15) is 5.75 Å². The lowest BCUT2D eigenvalue weighted by molar-refractivity contribution is -0.141. The van der Waals surface area contributed by atoms with Crippen LogP contribution in [0.2, 0.25) is 10.0 Å². The van der Waals surface area contributed by atoms with Gasteiger partial charge in [0.2, 0.25) is 0 Å². The Morgan fingerprint density at radius 2 is 2.13 bits per heavy atom. The highest BCUT2D eigenvalue weighted by molar-refractivity contribution is 6.42. The molecule has 1 aromatic rings. The van der Waals surface area contributed by atoms with E-state index in [1.165, 1.54) is 0 Å². The largest absolute Gasteiger partial charge is 0.484 e. The number of ether oxygens (including phenoxy) is 1. The summed E-state index contributed by atoms with van der Waals surface area (Å²) >= 11 is 11.8. The summed E-state index contributed by atoms with van der Waals surface area (Å²) in [5.74, 6) is 0.348. The Morgan fingerprint density at radius 3 is 2.78 bits per heavy atom. The predicted octanol–water partition coefficient (Wildman–Crippen LogP) is 2.29. The quantitative estimate of drug-likeness (QED) is 0.875. The van der Waals surface area contributed by atoms with Gasteiger partial charge >= 0.3 is 0 Å². The summed E-state index contributed by atoms with van der Waals surface area (Å²) in [6.45, 7) is 1.41. The maximum absolute atomic E-state index is 12.3. The molecule has 1 amide bonds. The maximum Gasteiger partial charge on any atom is 0.260 e. The highest BCUT2D eigenvalue weighted by Crippen LogP contribution is 2.26. The molecule has 5 nitrogen and oxygen atoms in total. The van der Waals surface area contributed by atoms with E-state index in [1.54, 1.807) is 23.1 Å². The van der Waals surface area contributed by atoms with Crippen molar-refractivity contribution < 1.29 is 14.6 Å². The van der Waals surface area contributed by atoms with Gasteiger partial charge in [0.05, 0.1) is 22.2 Å². The van der Waals surface area contributed by atoms with Crippen molar-refractivity contribution in [2.24, 2.45) is 0 Å². The number of piperidine rings is 1. The second kappa shape index (κ2) is 7.71. The van der Waals surface area contributed by atoms with Gasteiger partial charge < -0.3 is 19.6 Å². The highest BCUT2D eigenvalue weighted by Gasteiger charge is 2.35. The molecule has 0 bridgehead atoms. The number of hydrogen-bond acceptors (Lipinski definition) is 4. The number of likely N-dealkylation sites (N-methyl/N-ethyl adjacent to an activating group) is 1. The molecule has 1 aromatic carbocycles. The van der Waals surface area contributed by atoms with Crippen LogP contribution in [-0.4, -0.2) is 66.8 Å². The van der Waals surface area contributed by atoms with Crippen LogP contribution in [0.15, 0.2) is 18.2 Å². The first-order chi connectivity index (χ1) is 10.8. The van der Waals surface area contributed by atoms with Crippen LogP contribution in [0.5, 0.6) is 5.75 Å². The Kier molecular flexibility index (Phi) is 6.14. The number of hydrogen-bond donors (Lipinski definition) is 1. The molecule has 1 saturated heterocycles. The molecule has 2 rings (SSSR count). The number of rotatable bonds is 5. The van der Waals surface area contributed by atoms with Crippen molar-refractivity contribution in [3.8, 4) is 5.75 Å². The number of amides is 1. The predicted molar refractivity (Wildman–Crippen MR) is 91.3 cm³/mol. The van der Waals surface area contributed by atoms with E-state index in [0.717, 1.165) is 6.42 Å². The lowest BCUT2D eigenvalue weighted by atomic mass is 9.92. The molecule has 0 unspecified atom stereocenters. The molecular weight excluding hydrogens is 339 g/mol. The lowest BCUT2D eigenvalue weighted by Gasteiger charge is -2.40. The molecule has 0 aromatic heterocycles. The van der Waals surface area contributed by atoms with E-state index in [2.05, 4.69) is 0 Å². The van der Waals surface area contributed by atoms with Gasteiger partial charge in [-0.2, -0.15) is 0 Å². The Hall–Kier alpha value is -1.01. The van der Waals surface area contributed by atoms with E-state index >= 15 is 0 Å². The Balaban J connectivity index is 1.91. The zero-order valence-corrected chi connectivity index (χ0v) is 14.9. The number of carbonyl (C=O) groups excluding carboxylic acids is 1. The molecule has 0 radical (unpaired) electrons. The highest BCUT2D eigenvalue weighted by atomic mass is 35.5. The van der Waals surface area contributed by atoms with Crippen molar-refractivity contribution in [1.82, 2.24) is 9.80 Å². The van der Waals surface area contributed by atoms with Crippen molar-refractivity contribution in [3.63, 3.8) is 0 Å². The topological polar surface area (TPSA) is 53.0 Å². The molecule has 0 spiro atoms. The molecule has 128 valence electrons. The molecule has 1 aliphatic rings. The van der Waals surface area contributed by atoms with Crippen molar-refractivity contribution in [3.05, 3.63) is 28.2 Å². The lowest BCUT2D eigenvalue weighted by Crippen LogP contribution is -2.55. The molecule has 23 heavy (non-hydrogen) atoms. The van der Waals surface area contributed by atoms with Crippen LogP contribution >= 0.6 is 23.2 Å². The summed E-state index contributed by atoms with van der Waals surface area (Å²) in [5.41, 5.74) is -0.860. The number of halogens is 2. The summed E-state index contributed by atoms with van der Waals surface area (Å²) in [4.78, 5) is 15.9. The van der Waals surface area contributed by atoms with E-state index in [1.807, 2.05) is 19.0 Å². The second-order valence-electron chi connectivity index (χ2n) is 6.25. The summed E-state index contributed by atoms with van der Waals surface area (Å²) in [5, 5.41) is 11.4. The van der Waals surface area contributed by atoms with Crippen LogP contribution < -0.4 is 4.74 Å². The summed E-state index contributed by atoms with van der Waals surface area (Å²) in [6.07, 6.45) is 1.48. The molecule has 1 aliphatic heterocycles. The number of benzene rings is 1. The zero-order chi connectivity index (χ0) is 17.0. The first-order valence-corrected chi connectivity index (χ1v) is 8.27. The van der Waals surface area contributed by atoms with Gasteiger partial charge in [0.25, 0.3) is 5.91 Å². The van der Waals surface area contributed by atoms with Gasteiger partial charge in [-0.25, -0.2) is 0 Å². The molecule has 1 N–H and O–H groups in total. The number of nitrogens with zero attached hydrogens (tertiary/aromatic N) is 2. The van der Waals surface area contributed by atoms with Crippen molar-refractivity contribution in [2.75, 3.05) is 40.3 Å². The number of β-amino-alcohol motifs (C(OH)–C–C–N with tert-alkyl or cyclic N) is 1. The fourth-order valence-electron chi connectivity index (χ4n) is 2.85. The minimum Gasteiger partial charge on any atom is -0.484 e. The van der Waals surface area contributed by atoms with Crippen LogP contribution in [0.4, 0.5) is 0 Å². The van der Waals surface area contributed by atoms with E-state index in [4.69, 9.17) is 27.9 Å². The number of aliphatic hydroxyl groups is 1. The van der Waals surface area contributed by atoms with Gasteiger partial charge in [-0.05, 0) is 39.1 Å². The Morgan fingerprint density at radius 1 is 1.39 bits per heavy atom. The van der Waals surface area contributed by atoms with Crippen LogP contribution in [0.1, 0.15) is 12.8 Å². The van der Waals surface area contributed by atoms with Crippen LogP contribution in [-0.2, 0) is 4.79 Å². The first-order valence-electron chi connectivity index (χ1n) is 7.52. The Bertz CT molecular complexity index is 568. The van der Waals surface area contributed by atoms with E-state index < -0.39 is 5.60 Å². The molecule has 1 atom stereocenters. The molecule has 7 heteroatoms. The third-order valence-electron chi connectivity index (χ3n) is 3.77. The SMILES string of the molecule is CN(C)C[C@@]1(O)CCCN(C(=O)COc2ccc(Cl)c(Cl)c2)C1. The van der Waals surface area contributed by atoms with Crippen LogP contribution in [0.3, 0.4) is 0 Å². The van der Waals surface area contributed by atoms with E-state index in [9.17, 15) is 9.90 Å². The van der Waals surface area contributed by atoms with Crippen molar-refractivity contribution in [2.45, 2.75) is 18.4 Å². The molecule has 1 heterocycles. The minimum atomic E-state index is -0.860. The van der Waals surface area contributed by atoms with Crippen LogP contribution in [0.25, 0.3) is 0 Å². The average Bonchev–Trinajstić information content (AvgIpc) is 2.47. The molecular formula is C16H22Cl2N2O3. The fourth-order valence-corrected chi connectivity index (χ4v) is 3.13.